The van der Waals surface area contributed by atoms with Crippen LogP contribution in [0.1, 0.15) is 66.2 Å². The van der Waals surface area contributed by atoms with Crippen molar-refractivity contribution in [1.82, 2.24) is 0 Å². The Hall–Kier alpha value is -1.29. The lowest BCUT2D eigenvalue weighted by atomic mass is 10.00. The number of hydrogen-bond donors (Lipinski definition) is 2. The van der Waals surface area contributed by atoms with Crippen LogP contribution < -0.4 is 0 Å². The van der Waals surface area contributed by atoms with Crippen molar-refractivity contribution in [2.24, 2.45) is 5.92 Å². The highest BCUT2D eigenvalue weighted by molar-refractivity contribution is 7.96. The molecule has 0 amide bonds. The van der Waals surface area contributed by atoms with Crippen molar-refractivity contribution < 1.29 is 14.7 Å². The van der Waals surface area contributed by atoms with Crippen LogP contribution in [-0.4, -0.2) is 16.2 Å². The number of hydrogen-bond acceptors (Lipinski definition) is 2. The SMILES string of the molecule is CC(C)=CCCC(C)=CCCC(C)=CCC(CC(=O)O)C(=O)S. The highest BCUT2D eigenvalue weighted by atomic mass is 32.1. The van der Waals surface area contributed by atoms with Gasteiger partial charge in [0.2, 0.25) is 0 Å². The van der Waals surface area contributed by atoms with Crippen molar-refractivity contribution >= 4 is 23.7 Å². The van der Waals surface area contributed by atoms with Gasteiger partial charge in [0.25, 0.3) is 0 Å². The summed E-state index contributed by atoms with van der Waals surface area (Å²) in [4.78, 5) is 22.0. The summed E-state index contributed by atoms with van der Waals surface area (Å²) in [6, 6.07) is 0. The van der Waals surface area contributed by atoms with Crippen molar-refractivity contribution in [3.8, 4) is 0 Å². The Balaban J connectivity index is 4.26. The van der Waals surface area contributed by atoms with Crippen molar-refractivity contribution in [2.75, 3.05) is 0 Å². The van der Waals surface area contributed by atoms with Crippen LogP contribution in [0, 0.1) is 5.92 Å². The quantitative estimate of drug-likeness (QED) is 0.395. The highest BCUT2D eigenvalue weighted by Crippen LogP contribution is 2.17. The van der Waals surface area contributed by atoms with Crippen LogP contribution in [0.4, 0.5) is 0 Å². The van der Waals surface area contributed by atoms with Gasteiger partial charge in [-0.1, -0.05) is 34.9 Å². The summed E-state index contributed by atoms with van der Waals surface area (Å²) in [5.74, 6) is -1.49. The first-order chi connectivity index (χ1) is 10.7. The van der Waals surface area contributed by atoms with E-state index in [0.717, 1.165) is 25.7 Å². The van der Waals surface area contributed by atoms with Crippen molar-refractivity contribution in [3.05, 3.63) is 34.9 Å². The maximum Gasteiger partial charge on any atom is 0.304 e. The standard InChI is InChI=1S/C19H30O3S/c1-14(2)7-5-8-15(3)9-6-10-16(4)11-12-17(19(22)23)13-18(20)21/h7,9,11,17H,5-6,8,10,12-13H2,1-4H3,(H,20,21)(H,22,23). The van der Waals surface area contributed by atoms with E-state index < -0.39 is 11.9 Å². The Morgan fingerprint density at radius 2 is 1.48 bits per heavy atom. The second-order valence-corrected chi connectivity index (χ2v) is 6.77. The van der Waals surface area contributed by atoms with E-state index >= 15 is 0 Å². The molecule has 0 saturated heterocycles. The van der Waals surface area contributed by atoms with Gasteiger partial charge in [-0.05, 0) is 59.8 Å². The molecule has 1 unspecified atom stereocenters. The molecular weight excluding hydrogens is 308 g/mol. The third kappa shape index (κ3) is 12.9. The van der Waals surface area contributed by atoms with Crippen LogP contribution in [0.2, 0.25) is 0 Å². The minimum absolute atomic E-state index is 0.157. The fraction of sp³-hybridized carbons (Fsp3) is 0.579. The number of rotatable bonds is 11. The first-order valence-electron chi connectivity index (χ1n) is 8.11. The lowest BCUT2D eigenvalue weighted by Crippen LogP contribution is -2.13. The molecule has 23 heavy (non-hydrogen) atoms. The molecular formula is C19H30O3S. The molecule has 0 saturated carbocycles. The molecule has 0 aromatic heterocycles. The molecule has 0 aromatic carbocycles. The molecule has 1 atom stereocenters. The number of allylic oxidation sites excluding steroid dienone is 6. The maximum absolute atomic E-state index is 11.3. The average molecular weight is 339 g/mol. The summed E-state index contributed by atoms with van der Waals surface area (Å²) in [5, 5.41) is 8.43. The molecule has 0 bridgehead atoms. The van der Waals surface area contributed by atoms with Gasteiger partial charge in [0, 0.05) is 5.92 Å². The van der Waals surface area contributed by atoms with Gasteiger partial charge in [-0.3, -0.25) is 9.59 Å². The predicted molar refractivity (Wildman–Crippen MR) is 99.8 cm³/mol. The maximum atomic E-state index is 11.3. The van der Waals surface area contributed by atoms with E-state index in [9.17, 15) is 9.59 Å². The monoisotopic (exact) mass is 338 g/mol. The zero-order chi connectivity index (χ0) is 17.8. The minimum atomic E-state index is -0.960. The Bertz CT molecular complexity index is 483. The van der Waals surface area contributed by atoms with Crippen molar-refractivity contribution in [1.29, 1.82) is 0 Å². The summed E-state index contributed by atoms with van der Waals surface area (Å²) in [6.45, 7) is 8.40. The summed E-state index contributed by atoms with van der Waals surface area (Å²) in [7, 11) is 0. The fourth-order valence-corrected chi connectivity index (χ4v) is 2.36. The van der Waals surface area contributed by atoms with Gasteiger partial charge in [-0.25, -0.2) is 0 Å². The lowest BCUT2D eigenvalue weighted by molar-refractivity contribution is -0.139. The summed E-state index contributed by atoms with van der Waals surface area (Å²) in [5.41, 5.74) is 3.93. The molecule has 0 aromatic rings. The van der Waals surface area contributed by atoms with Gasteiger partial charge < -0.3 is 5.11 Å². The second-order valence-electron chi connectivity index (χ2n) is 6.33. The Morgan fingerprint density at radius 3 is 1.96 bits per heavy atom. The van der Waals surface area contributed by atoms with Crippen LogP contribution in [0.5, 0.6) is 0 Å². The van der Waals surface area contributed by atoms with E-state index in [4.69, 9.17) is 5.11 Å². The first-order valence-corrected chi connectivity index (χ1v) is 8.56. The predicted octanol–water partition coefficient (Wildman–Crippen LogP) is 5.34. The molecule has 0 radical (unpaired) electrons. The zero-order valence-electron chi connectivity index (χ0n) is 14.8. The number of aliphatic carboxylic acids is 1. The van der Waals surface area contributed by atoms with Gasteiger partial charge in [-0.15, -0.1) is 12.6 Å². The van der Waals surface area contributed by atoms with Gasteiger partial charge in [0.05, 0.1) is 6.42 Å². The fourth-order valence-electron chi connectivity index (χ4n) is 2.16. The van der Waals surface area contributed by atoms with Crippen LogP contribution >= 0.6 is 12.6 Å². The number of carbonyl (C=O) groups is 2. The second kappa shape index (κ2) is 12.2. The molecule has 0 spiro atoms. The number of carboxylic acid groups (broad SMARTS) is 1. The van der Waals surface area contributed by atoms with Crippen molar-refractivity contribution in [3.63, 3.8) is 0 Å². The topological polar surface area (TPSA) is 54.4 Å². The molecule has 0 rings (SSSR count). The van der Waals surface area contributed by atoms with E-state index in [0.29, 0.717) is 6.42 Å². The zero-order valence-corrected chi connectivity index (χ0v) is 15.7. The number of carboxylic acids is 1. The van der Waals surface area contributed by atoms with Crippen LogP contribution in [0.15, 0.2) is 34.9 Å². The van der Waals surface area contributed by atoms with Gasteiger partial charge >= 0.3 is 5.97 Å². The molecule has 0 fully saturated rings. The molecule has 1 N–H and O–H groups in total. The van der Waals surface area contributed by atoms with Crippen LogP contribution in [-0.2, 0) is 9.59 Å². The Morgan fingerprint density at radius 1 is 0.957 bits per heavy atom. The normalized spacial score (nSPS) is 13.6. The summed E-state index contributed by atoms with van der Waals surface area (Å²) in [6.07, 6.45) is 10.8. The number of thiol groups is 1. The number of carbonyl (C=O) groups excluding carboxylic acids is 1. The van der Waals surface area contributed by atoms with E-state index in [1.807, 2.05) is 13.0 Å². The van der Waals surface area contributed by atoms with E-state index in [-0.39, 0.29) is 11.5 Å². The van der Waals surface area contributed by atoms with E-state index in [1.165, 1.54) is 16.7 Å². The van der Waals surface area contributed by atoms with Gasteiger partial charge in [0.15, 0.2) is 5.12 Å². The van der Waals surface area contributed by atoms with Crippen LogP contribution in [0.3, 0.4) is 0 Å². The van der Waals surface area contributed by atoms with Gasteiger partial charge in [-0.2, -0.15) is 0 Å². The third-order valence-corrected chi connectivity index (χ3v) is 4.01. The summed E-state index contributed by atoms with van der Waals surface area (Å²) >= 11 is 3.77. The molecule has 130 valence electrons. The molecule has 4 heteroatoms. The average Bonchev–Trinajstić information content (AvgIpc) is 2.42. The third-order valence-electron chi connectivity index (χ3n) is 3.64. The first kappa shape index (κ1) is 21.7. The lowest BCUT2D eigenvalue weighted by Gasteiger charge is -2.08. The Labute approximate surface area is 146 Å². The van der Waals surface area contributed by atoms with Crippen molar-refractivity contribution in [2.45, 2.75) is 66.2 Å². The largest absolute Gasteiger partial charge is 0.481 e. The Kier molecular flexibility index (Phi) is 11.5. The van der Waals surface area contributed by atoms with Crippen LogP contribution in [0.25, 0.3) is 0 Å². The molecule has 0 heterocycles. The van der Waals surface area contributed by atoms with E-state index in [2.05, 4.69) is 45.6 Å². The molecule has 0 aliphatic carbocycles. The van der Waals surface area contributed by atoms with E-state index in [1.54, 1.807) is 0 Å². The highest BCUT2D eigenvalue weighted by Gasteiger charge is 2.17. The molecule has 0 aliphatic heterocycles. The molecule has 0 aliphatic rings. The molecule has 3 nitrogen and oxygen atoms in total. The minimum Gasteiger partial charge on any atom is -0.481 e. The smallest absolute Gasteiger partial charge is 0.304 e. The van der Waals surface area contributed by atoms with Gasteiger partial charge in [0.1, 0.15) is 0 Å². The summed E-state index contributed by atoms with van der Waals surface area (Å²) < 4.78 is 0.